The Morgan fingerprint density at radius 2 is 1.70 bits per heavy atom. The predicted molar refractivity (Wildman–Crippen MR) is 115 cm³/mol. The van der Waals surface area contributed by atoms with Gasteiger partial charge in [0.2, 0.25) is 5.91 Å². The number of amides is 2. The van der Waals surface area contributed by atoms with E-state index in [0.717, 1.165) is 43.2 Å². The largest absolute Gasteiger partial charge is 0.497 e. The topological polar surface area (TPSA) is 85.0 Å². The fraction of sp³-hybridized carbons (Fsp3) is 0.375. The maximum Gasteiger partial charge on any atom is 0.275 e. The van der Waals surface area contributed by atoms with Gasteiger partial charge in [0.25, 0.3) is 5.91 Å². The van der Waals surface area contributed by atoms with Gasteiger partial charge in [-0.2, -0.15) is 0 Å². The lowest BCUT2D eigenvalue weighted by molar-refractivity contribution is -0.141. The highest BCUT2D eigenvalue weighted by Crippen LogP contribution is 2.44. The second-order valence-corrected chi connectivity index (χ2v) is 8.12. The maximum atomic E-state index is 13.7. The number of hydrogen-bond acceptors (Lipinski definition) is 4. The minimum atomic E-state index is -0.881. The number of nitrogens with two attached hydrogens (primary N) is 1. The zero-order chi connectivity index (χ0) is 21.3. The van der Waals surface area contributed by atoms with Crippen LogP contribution in [0.4, 0.5) is 0 Å². The summed E-state index contributed by atoms with van der Waals surface area (Å²) in [6.07, 6.45) is 4.48. The molecule has 1 unspecified atom stereocenters. The first-order valence-corrected chi connectivity index (χ1v) is 10.4. The molecule has 6 nitrogen and oxygen atoms in total. The Labute approximate surface area is 176 Å². The van der Waals surface area contributed by atoms with Crippen LogP contribution in [0.2, 0.25) is 0 Å². The summed E-state index contributed by atoms with van der Waals surface area (Å²) in [6, 6.07) is 14.0. The van der Waals surface area contributed by atoms with E-state index in [0.29, 0.717) is 17.0 Å². The van der Waals surface area contributed by atoms with Gasteiger partial charge in [0.15, 0.2) is 0 Å². The molecule has 1 aliphatic heterocycles. The van der Waals surface area contributed by atoms with Crippen molar-refractivity contribution >= 4 is 17.5 Å². The molecule has 1 atom stereocenters. The number of nitrogens with zero attached hydrogens (tertiary/aromatic N) is 2. The van der Waals surface area contributed by atoms with Gasteiger partial charge in [-0.3, -0.25) is 19.5 Å². The molecule has 1 spiro atoms. The van der Waals surface area contributed by atoms with Crippen molar-refractivity contribution in [1.82, 2.24) is 4.90 Å². The van der Waals surface area contributed by atoms with Gasteiger partial charge in [0, 0.05) is 5.56 Å². The third kappa shape index (κ3) is 3.47. The molecule has 2 aromatic carbocycles. The van der Waals surface area contributed by atoms with Crippen LogP contribution in [0.5, 0.6) is 5.75 Å². The molecular formula is C24H27N3O3. The molecule has 0 radical (unpaired) electrons. The fourth-order valence-electron chi connectivity index (χ4n) is 4.57. The summed E-state index contributed by atoms with van der Waals surface area (Å²) in [4.78, 5) is 32.9. The molecule has 6 heteroatoms. The van der Waals surface area contributed by atoms with Crippen LogP contribution in [0.3, 0.4) is 0 Å². The molecule has 30 heavy (non-hydrogen) atoms. The van der Waals surface area contributed by atoms with Gasteiger partial charge < -0.3 is 10.5 Å². The van der Waals surface area contributed by atoms with Crippen LogP contribution >= 0.6 is 0 Å². The normalized spacial score (nSPS) is 18.9. The van der Waals surface area contributed by atoms with E-state index in [2.05, 4.69) is 0 Å². The summed E-state index contributed by atoms with van der Waals surface area (Å²) < 4.78 is 5.23. The molecule has 0 bridgehead atoms. The number of ether oxygens (including phenoxy) is 1. The minimum Gasteiger partial charge on any atom is -0.497 e. The first-order chi connectivity index (χ1) is 14.4. The van der Waals surface area contributed by atoms with Crippen LogP contribution in [0.1, 0.15) is 54.8 Å². The Bertz CT molecular complexity index is 974. The summed E-state index contributed by atoms with van der Waals surface area (Å²) >= 11 is 0. The minimum absolute atomic E-state index is 0.236. The van der Waals surface area contributed by atoms with Crippen molar-refractivity contribution in [3.05, 3.63) is 65.2 Å². The van der Waals surface area contributed by atoms with Crippen molar-refractivity contribution in [3.63, 3.8) is 0 Å². The lowest BCUT2D eigenvalue weighted by atomic mass is 9.86. The zero-order valence-electron chi connectivity index (χ0n) is 17.4. The third-order valence-corrected chi connectivity index (χ3v) is 6.13. The molecular weight excluding hydrogens is 378 g/mol. The molecule has 2 aromatic rings. The van der Waals surface area contributed by atoms with E-state index in [4.69, 9.17) is 15.5 Å². The van der Waals surface area contributed by atoms with Crippen molar-refractivity contribution in [1.29, 1.82) is 0 Å². The Morgan fingerprint density at radius 3 is 2.27 bits per heavy atom. The second kappa shape index (κ2) is 7.94. The van der Waals surface area contributed by atoms with E-state index >= 15 is 0 Å². The van der Waals surface area contributed by atoms with E-state index in [9.17, 15) is 9.59 Å². The number of carbonyl (C=O) groups is 2. The van der Waals surface area contributed by atoms with Gasteiger partial charge in [0.1, 0.15) is 23.2 Å². The average Bonchev–Trinajstić information content (AvgIpc) is 3.02. The van der Waals surface area contributed by atoms with Crippen molar-refractivity contribution in [3.8, 4) is 5.75 Å². The Hall–Kier alpha value is -3.15. The molecule has 1 saturated carbocycles. The van der Waals surface area contributed by atoms with Gasteiger partial charge in [-0.1, -0.05) is 48.4 Å². The highest BCUT2D eigenvalue weighted by molar-refractivity contribution is 6.47. The van der Waals surface area contributed by atoms with Gasteiger partial charge in [-0.05, 0) is 50.3 Å². The Kier molecular flexibility index (Phi) is 5.33. The third-order valence-electron chi connectivity index (χ3n) is 6.13. The molecule has 2 amide bonds. The number of aryl methyl sites for hydroxylation is 1. The summed E-state index contributed by atoms with van der Waals surface area (Å²) in [5.74, 6) is -0.113. The summed E-state index contributed by atoms with van der Waals surface area (Å²) in [5.41, 5.74) is 8.10. The summed E-state index contributed by atoms with van der Waals surface area (Å²) in [6.45, 7) is 2.00. The fourth-order valence-corrected chi connectivity index (χ4v) is 4.57. The number of hydrogen-bond donors (Lipinski definition) is 1. The van der Waals surface area contributed by atoms with E-state index in [1.807, 2.05) is 31.2 Å². The summed E-state index contributed by atoms with van der Waals surface area (Å²) in [7, 11) is 1.59. The van der Waals surface area contributed by atoms with E-state index < -0.39 is 17.6 Å². The van der Waals surface area contributed by atoms with Crippen LogP contribution in [0.25, 0.3) is 0 Å². The molecule has 1 heterocycles. The number of aliphatic imine (C=N–C) groups is 1. The standard InChI is InChI=1S/C24H27N3O3/c1-16-6-8-17(9-7-16)20-23(29)27(24(26-20)14-4-3-5-15-24)21(22(25)28)18-10-12-19(30-2)13-11-18/h6-13,21H,3-5,14-15H2,1-2H3,(H2,25,28). The Morgan fingerprint density at radius 1 is 1.07 bits per heavy atom. The van der Waals surface area contributed by atoms with Gasteiger partial charge in [0.05, 0.1) is 7.11 Å². The number of primary amides is 1. The molecule has 156 valence electrons. The van der Waals surface area contributed by atoms with Crippen molar-refractivity contribution in [2.24, 2.45) is 10.7 Å². The van der Waals surface area contributed by atoms with Crippen molar-refractivity contribution in [2.75, 3.05) is 7.11 Å². The SMILES string of the molecule is COc1ccc(C(C(N)=O)N2C(=O)C(c3ccc(C)cc3)=NC23CCCCC3)cc1. The summed E-state index contributed by atoms with van der Waals surface area (Å²) in [5, 5.41) is 0. The predicted octanol–water partition coefficient (Wildman–Crippen LogP) is 3.52. The zero-order valence-corrected chi connectivity index (χ0v) is 17.4. The molecule has 4 rings (SSSR count). The average molecular weight is 405 g/mol. The van der Waals surface area contributed by atoms with Crippen LogP contribution in [0.15, 0.2) is 53.5 Å². The van der Waals surface area contributed by atoms with Crippen LogP contribution in [-0.2, 0) is 9.59 Å². The van der Waals surface area contributed by atoms with E-state index in [1.165, 1.54) is 0 Å². The molecule has 0 saturated heterocycles. The van der Waals surface area contributed by atoms with Crippen LogP contribution in [-0.4, -0.2) is 35.2 Å². The molecule has 1 aliphatic carbocycles. The van der Waals surface area contributed by atoms with Crippen LogP contribution in [0, 0.1) is 6.92 Å². The first kappa shape index (κ1) is 20.1. The van der Waals surface area contributed by atoms with E-state index in [1.54, 1.807) is 36.3 Å². The Balaban J connectivity index is 1.80. The number of carbonyl (C=O) groups excluding carboxylic acids is 2. The second-order valence-electron chi connectivity index (χ2n) is 8.12. The maximum absolute atomic E-state index is 13.7. The van der Waals surface area contributed by atoms with Crippen molar-refractivity contribution < 1.29 is 14.3 Å². The number of rotatable bonds is 5. The lowest BCUT2D eigenvalue weighted by Crippen LogP contribution is -2.53. The highest BCUT2D eigenvalue weighted by Gasteiger charge is 2.52. The molecule has 0 aromatic heterocycles. The first-order valence-electron chi connectivity index (χ1n) is 10.4. The molecule has 2 aliphatic rings. The van der Waals surface area contributed by atoms with Crippen LogP contribution < -0.4 is 10.5 Å². The van der Waals surface area contributed by atoms with Gasteiger partial charge in [-0.15, -0.1) is 0 Å². The number of benzene rings is 2. The van der Waals surface area contributed by atoms with Crippen molar-refractivity contribution in [2.45, 2.75) is 50.7 Å². The van der Waals surface area contributed by atoms with Gasteiger partial charge in [-0.25, -0.2) is 0 Å². The monoisotopic (exact) mass is 405 g/mol. The number of methoxy groups -OCH3 is 1. The van der Waals surface area contributed by atoms with Gasteiger partial charge >= 0.3 is 0 Å². The highest BCUT2D eigenvalue weighted by atomic mass is 16.5. The van der Waals surface area contributed by atoms with E-state index in [-0.39, 0.29) is 5.91 Å². The molecule has 1 fully saturated rings. The lowest BCUT2D eigenvalue weighted by Gasteiger charge is -2.42. The smallest absolute Gasteiger partial charge is 0.275 e. The quantitative estimate of drug-likeness (QED) is 0.826. The molecule has 2 N–H and O–H groups in total.